The number of allylic oxidation sites excluding steroid dienone is 2. The van der Waals surface area contributed by atoms with Crippen molar-refractivity contribution < 1.29 is 58.9 Å². The van der Waals surface area contributed by atoms with Gasteiger partial charge in [-0.05, 0) is 37.6 Å². The number of ether oxygens (including phenoxy) is 4. The first kappa shape index (κ1) is 42.1. The number of methoxy groups -OCH3 is 1. The molecule has 4 heterocycles. The van der Waals surface area contributed by atoms with Crippen LogP contribution in [-0.4, -0.2) is 96.5 Å². The number of rotatable bonds is 3. The highest BCUT2D eigenvalue weighted by atomic mass is 16.7. The fraction of sp³-hybridized carbons (Fsp3) is 0.442. The third-order valence-electron chi connectivity index (χ3n) is 11.6. The quantitative estimate of drug-likeness (QED) is 0.117. The second-order valence-electron chi connectivity index (χ2n) is 15.6. The summed E-state index contributed by atoms with van der Waals surface area (Å²) in [7, 11) is 1.45. The van der Waals surface area contributed by atoms with Crippen LogP contribution in [-0.2, 0) is 23.8 Å². The first-order valence-electron chi connectivity index (χ1n) is 19.1. The smallest absolute Gasteiger partial charge is 0.312 e. The fourth-order valence-corrected chi connectivity index (χ4v) is 8.11. The van der Waals surface area contributed by atoms with Crippen molar-refractivity contribution in [3.8, 4) is 17.2 Å². The van der Waals surface area contributed by atoms with Crippen LogP contribution in [0.5, 0.6) is 17.2 Å². The Balaban J connectivity index is 1.59. The monoisotopic (exact) mass is 801 g/mol. The number of nitrogens with one attached hydrogen (secondary N) is 1. The number of aromatic nitrogens is 2. The molecule has 2 aliphatic heterocycles. The number of aliphatic hydroxyl groups is 3. The molecule has 0 unspecified atom stereocenters. The Morgan fingerprint density at radius 2 is 1.72 bits per heavy atom. The molecule has 0 spiro atoms. The molecule has 1 amide bonds. The standard InChI is InChI=1S/C43H51N3O12/c1-19-13-15-46-28(17-19)44-32-29-30-37(51)24(6)40-31(29)41(53)43(8,58-40)56-16-14-27(55-9)21(3)39(57-25(7)48)23(5)36(50)22(4)35(49)20(2)11-10-12-26(18-47)42(54)45-33(34(32)46)38(30)52/h10-17,20-23,27,35-36,39,47,49-52H,18H2,1-9H3,(H,45,54)/b11-10+,16-14+,26-12-/t20-,21+,22+,23+,27-,35-,36+,39+,43-/m0/s1. The number of carbonyl (C=O) groups is 3. The van der Waals surface area contributed by atoms with Crippen molar-refractivity contribution in [1.82, 2.24) is 9.38 Å². The van der Waals surface area contributed by atoms with Gasteiger partial charge >= 0.3 is 11.8 Å². The summed E-state index contributed by atoms with van der Waals surface area (Å²) in [5.74, 6) is -7.59. The number of phenolic OH excluding ortho intramolecular Hbond substituents is 2. The zero-order chi connectivity index (χ0) is 42.5. The van der Waals surface area contributed by atoms with Gasteiger partial charge in [-0.1, -0.05) is 45.9 Å². The number of nitrogens with zero attached hydrogens (tertiary/aromatic N) is 2. The van der Waals surface area contributed by atoms with Crippen LogP contribution in [0, 0.1) is 37.5 Å². The number of fused-ring (bicyclic) bond motifs is 2. The van der Waals surface area contributed by atoms with E-state index < -0.39 is 89.6 Å². The number of carbonyl (C=O) groups excluding carboxylic acids is 3. The Bertz CT molecular complexity index is 2400. The third-order valence-corrected chi connectivity index (χ3v) is 11.6. The lowest BCUT2D eigenvalue weighted by Gasteiger charge is -2.38. The number of hydrogen-bond donors (Lipinski definition) is 6. The van der Waals surface area contributed by atoms with Gasteiger partial charge in [-0.25, -0.2) is 4.98 Å². The third kappa shape index (κ3) is 7.16. The molecule has 4 bridgehead atoms. The highest BCUT2D eigenvalue weighted by Crippen LogP contribution is 2.54. The summed E-state index contributed by atoms with van der Waals surface area (Å²) in [6.45, 7) is 12.2. The number of phenols is 2. The van der Waals surface area contributed by atoms with Crippen LogP contribution in [0.15, 0.2) is 54.5 Å². The Hall–Kier alpha value is -5.48. The summed E-state index contributed by atoms with van der Waals surface area (Å²) in [5, 5.41) is 59.5. The van der Waals surface area contributed by atoms with Gasteiger partial charge in [0.05, 0.1) is 42.1 Å². The average Bonchev–Trinajstić information content (AvgIpc) is 3.69. The average molecular weight is 802 g/mol. The lowest BCUT2D eigenvalue weighted by Crippen LogP contribution is -2.46. The Kier molecular flexibility index (Phi) is 11.7. The molecule has 0 aliphatic carbocycles. The molecular formula is C43H51N3O12. The summed E-state index contributed by atoms with van der Waals surface area (Å²) >= 11 is 0. The van der Waals surface area contributed by atoms with Gasteiger partial charge in [0.1, 0.15) is 40.0 Å². The van der Waals surface area contributed by atoms with Crippen LogP contribution in [0.2, 0.25) is 0 Å². The largest absolute Gasteiger partial charge is 0.507 e. The van der Waals surface area contributed by atoms with Crippen molar-refractivity contribution in [2.24, 2.45) is 23.7 Å². The van der Waals surface area contributed by atoms with E-state index in [9.17, 15) is 39.9 Å². The fourth-order valence-electron chi connectivity index (χ4n) is 8.11. The number of hydrogen-bond acceptors (Lipinski definition) is 13. The number of benzene rings is 2. The summed E-state index contributed by atoms with van der Waals surface area (Å²) in [6, 6.07) is 3.57. The van der Waals surface area contributed by atoms with E-state index in [0.29, 0.717) is 5.65 Å². The summed E-state index contributed by atoms with van der Waals surface area (Å²) in [5.41, 5.74) is 1.44. The van der Waals surface area contributed by atoms with Gasteiger partial charge in [0.15, 0.2) is 5.75 Å². The number of esters is 1. The minimum absolute atomic E-state index is 0.000591. The molecule has 6 N–H and O–H groups in total. The Morgan fingerprint density at radius 3 is 2.38 bits per heavy atom. The molecular weight excluding hydrogens is 750 g/mol. The number of anilines is 1. The summed E-state index contributed by atoms with van der Waals surface area (Å²) in [4.78, 5) is 45.6. The first-order valence-corrected chi connectivity index (χ1v) is 19.1. The van der Waals surface area contributed by atoms with Crippen molar-refractivity contribution in [3.05, 3.63) is 71.2 Å². The highest BCUT2D eigenvalue weighted by Gasteiger charge is 2.50. The predicted octanol–water partition coefficient (Wildman–Crippen LogP) is 5.13. The number of aromatic hydroxyl groups is 2. The maximum atomic E-state index is 14.6. The van der Waals surface area contributed by atoms with E-state index in [1.165, 1.54) is 52.4 Å². The Labute approximate surface area is 335 Å². The minimum Gasteiger partial charge on any atom is -0.507 e. The van der Waals surface area contributed by atoms with Crippen molar-refractivity contribution in [1.29, 1.82) is 0 Å². The zero-order valence-electron chi connectivity index (χ0n) is 33.9. The van der Waals surface area contributed by atoms with E-state index in [0.717, 1.165) is 5.56 Å². The van der Waals surface area contributed by atoms with E-state index in [4.69, 9.17) is 23.9 Å². The van der Waals surface area contributed by atoms with Gasteiger partial charge in [0.2, 0.25) is 0 Å². The minimum atomic E-state index is -1.99. The van der Waals surface area contributed by atoms with Crippen molar-refractivity contribution >= 4 is 50.8 Å². The molecule has 15 nitrogen and oxygen atoms in total. The molecule has 4 aromatic rings. The van der Waals surface area contributed by atoms with Crippen LogP contribution in [0.4, 0.5) is 5.69 Å². The number of ketones is 1. The van der Waals surface area contributed by atoms with Crippen LogP contribution in [0.25, 0.3) is 27.5 Å². The number of aryl methyl sites for hydroxylation is 1. The van der Waals surface area contributed by atoms with E-state index in [1.54, 1.807) is 56.5 Å². The van der Waals surface area contributed by atoms with Crippen LogP contribution in [0.1, 0.15) is 63.0 Å². The van der Waals surface area contributed by atoms with Crippen molar-refractivity contribution in [3.63, 3.8) is 0 Å². The van der Waals surface area contributed by atoms with Crippen LogP contribution >= 0.6 is 0 Å². The SMILES string of the molecule is CO[C@H]1/C=C/O[C@@]2(C)Oc3c(C)c(O)c4c(O)c(c5c(nc6cc(C)ccn65)c4c3C2=O)NC(=O)/C(CO)=C\C=C\[C@H](C)[C@H](O)[C@@H](C)[C@@H](O)[C@@H](C)[C@H](OC(C)=O)[C@@H]1C. The second-order valence-corrected chi connectivity index (χ2v) is 15.6. The van der Waals surface area contributed by atoms with Crippen molar-refractivity contribution in [2.75, 3.05) is 19.0 Å². The van der Waals surface area contributed by atoms with Crippen molar-refractivity contribution in [2.45, 2.75) is 85.6 Å². The molecule has 0 fully saturated rings. The molecule has 310 valence electrons. The number of imidazole rings is 1. The lowest BCUT2D eigenvalue weighted by atomic mass is 9.78. The maximum absolute atomic E-state index is 14.6. The predicted molar refractivity (Wildman–Crippen MR) is 215 cm³/mol. The molecule has 6 rings (SSSR count). The van der Waals surface area contributed by atoms with Crippen LogP contribution in [0.3, 0.4) is 0 Å². The zero-order valence-corrected chi connectivity index (χ0v) is 33.9. The van der Waals surface area contributed by atoms with E-state index >= 15 is 0 Å². The van der Waals surface area contributed by atoms with Gasteiger partial charge in [-0.2, -0.15) is 0 Å². The maximum Gasteiger partial charge on any atom is 0.312 e. The number of amides is 1. The van der Waals surface area contributed by atoms with Gasteiger partial charge in [-0.15, -0.1) is 0 Å². The topological polar surface area (TPSA) is 219 Å². The van der Waals surface area contributed by atoms with E-state index in [-0.39, 0.29) is 49.9 Å². The van der Waals surface area contributed by atoms with Gasteiger partial charge < -0.3 is 49.8 Å². The van der Waals surface area contributed by atoms with E-state index in [1.807, 2.05) is 6.92 Å². The number of Topliss-reactive ketones (excluding diaryl/α,β-unsaturated/α-hetero) is 1. The highest BCUT2D eigenvalue weighted by molar-refractivity contribution is 6.28. The molecule has 58 heavy (non-hydrogen) atoms. The molecule has 0 radical (unpaired) electrons. The summed E-state index contributed by atoms with van der Waals surface area (Å²) in [6.07, 6.45) is 4.98. The van der Waals surface area contributed by atoms with Gasteiger partial charge in [-0.3, -0.25) is 18.8 Å². The molecule has 15 heteroatoms. The second kappa shape index (κ2) is 16.0. The Morgan fingerprint density at radius 1 is 1.02 bits per heavy atom. The molecule has 0 saturated carbocycles. The molecule has 2 aromatic heterocycles. The number of aliphatic hydroxyl groups excluding tert-OH is 3. The lowest BCUT2D eigenvalue weighted by molar-refractivity contribution is -0.160. The summed E-state index contributed by atoms with van der Waals surface area (Å²) < 4.78 is 25.4. The molecule has 2 aromatic carbocycles. The van der Waals surface area contributed by atoms with E-state index in [2.05, 4.69) is 5.32 Å². The molecule has 9 atom stereocenters. The molecule has 0 saturated heterocycles. The van der Waals surface area contributed by atoms with Crippen LogP contribution < -0.4 is 10.1 Å². The van der Waals surface area contributed by atoms with Gasteiger partial charge in [0.25, 0.3) is 11.7 Å². The van der Waals surface area contributed by atoms with Gasteiger partial charge in [0, 0.05) is 67.3 Å². The molecule has 2 aliphatic rings. The normalized spacial score (nSPS) is 30.5. The first-order chi connectivity index (χ1) is 27.4. The number of pyridine rings is 1.